The van der Waals surface area contributed by atoms with E-state index < -0.39 is 0 Å². The normalized spacial score (nSPS) is 11.0. The largest absolute Gasteiger partial charge is 0.496 e. The molecular formula is C25H25N3O3. The Morgan fingerprint density at radius 2 is 1.39 bits per heavy atom. The van der Waals surface area contributed by atoms with Gasteiger partial charge in [-0.05, 0) is 43.3 Å². The monoisotopic (exact) mass is 415 g/mol. The molecule has 3 rings (SSSR count). The van der Waals surface area contributed by atoms with E-state index in [-0.39, 0.29) is 24.7 Å². The fraction of sp³-hybridized carbons (Fsp3) is 0.160. The Balaban J connectivity index is 1.65. The van der Waals surface area contributed by atoms with Gasteiger partial charge in [-0.15, -0.1) is 0 Å². The van der Waals surface area contributed by atoms with Crippen molar-refractivity contribution in [2.75, 3.05) is 12.0 Å². The van der Waals surface area contributed by atoms with Crippen LogP contribution in [0, 0.1) is 0 Å². The Bertz CT molecular complexity index is 1010. The van der Waals surface area contributed by atoms with Crippen LogP contribution in [0.3, 0.4) is 0 Å². The van der Waals surface area contributed by atoms with E-state index in [1.807, 2.05) is 84.9 Å². The molecule has 0 spiro atoms. The summed E-state index contributed by atoms with van der Waals surface area (Å²) in [6.45, 7) is 1.79. The summed E-state index contributed by atoms with van der Waals surface area (Å²) in [5.41, 5.74) is 5.45. The molecule has 0 aliphatic carbocycles. The number of methoxy groups -OCH3 is 1. The average Bonchev–Trinajstić information content (AvgIpc) is 2.82. The summed E-state index contributed by atoms with van der Waals surface area (Å²) in [7, 11) is 1.58. The smallest absolute Gasteiger partial charge is 0.240 e. The molecule has 3 aromatic rings. The quantitative estimate of drug-likeness (QED) is 0.429. The van der Waals surface area contributed by atoms with E-state index in [1.54, 1.807) is 18.9 Å². The minimum absolute atomic E-state index is 0.0255. The summed E-state index contributed by atoms with van der Waals surface area (Å²) in [5.74, 6) is 0.177. The number of rotatable bonds is 8. The second-order valence-electron chi connectivity index (χ2n) is 6.83. The molecular weight excluding hydrogens is 390 g/mol. The highest BCUT2D eigenvalue weighted by atomic mass is 16.5. The van der Waals surface area contributed by atoms with E-state index in [4.69, 9.17) is 4.74 Å². The minimum Gasteiger partial charge on any atom is -0.496 e. The molecule has 0 aliphatic rings. The van der Waals surface area contributed by atoms with Crippen molar-refractivity contribution in [3.8, 4) is 5.75 Å². The van der Waals surface area contributed by atoms with Gasteiger partial charge < -0.3 is 4.74 Å². The van der Waals surface area contributed by atoms with Crippen molar-refractivity contribution >= 4 is 28.9 Å². The maximum Gasteiger partial charge on any atom is 0.240 e. The lowest BCUT2D eigenvalue weighted by atomic mass is 10.1. The number of carbonyl (C=O) groups excluding carboxylic acids is 2. The Kier molecular flexibility index (Phi) is 7.54. The van der Waals surface area contributed by atoms with Crippen LogP contribution < -0.4 is 15.1 Å². The SMILES string of the molecule is COc1ccccc1/C(C)=N/NC(=O)CCC(=O)N(c1ccccc1)c1ccccc1. The molecule has 0 bridgehead atoms. The zero-order valence-corrected chi connectivity index (χ0v) is 17.6. The maximum atomic E-state index is 13.0. The Hall–Kier alpha value is -3.93. The minimum atomic E-state index is -0.330. The van der Waals surface area contributed by atoms with E-state index in [1.165, 1.54) is 0 Å². The molecule has 0 unspecified atom stereocenters. The van der Waals surface area contributed by atoms with E-state index >= 15 is 0 Å². The van der Waals surface area contributed by atoms with E-state index in [0.717, 1.165) is 16.9 Å². The van der Waals surface area contributed by atoms with Gasteiger partial charge in [0.2, 0.25) is 11.8 Å². The summed E-state index contributed by atoms with van der Waals surface area (Å²) in [5, 5.41) is 4.15. The van der Waals surface area contributed by atoms with Crippen molar-refractivity contribution < 1.29 is 14.3 Å². The summed E-state index contributed by atoms with van der Waals surface area (Å²) in [6.07, 6.45) is 0.0799. The zero-order valence-electron chi connectivity index (χ0n) is 17.6. The van der Waals surface area contributed by atoms with E-state index in [9.17, 15) is 9.59 Å². The molecule has 1 N–H and O–H groups in total. The molecule has 0 radical (unpaired) electrons. The summed E-state index contributed by atoms with van der Waals surface area (Å²) in [6, 6.07) is 26.2. The molecule has 0 heterocycles. The Labute approximate surface area is 182 Å². The second kappa shape index (κ2) is 10.7. The van der Waals surface area contributed by atoms with Gasteiger partial charge in [0.15, 0.2) is 0 Å². The highest BCUT2D eigenvalue weighted by molar-refractivity contribution is 6.03. The lowest BCUT2D eigenvalue weighted by Gasteiger charge is -2.23. The predicted octanol–water partition coefficient (Wildman–Crippen LogP) is 4.68. The first-order valence-corrected chi connectivity index (χ1v) is 9.99. The summed E-state index contributed by atoms with van der Waals surface area (Å²) >= 11 is 0. The third kappa shape index (κ3) is 5.79. The first kappa shape index (κ1) is 21.8. The summed E-state index contributed by atoms with van der Waals surface area (Å²) < 4.78 is 5.32. The van der Waals surface area contributed by atoms with Gasteiger partial charge in [-0.25, -0.2) is 5.43 Å². The van der Waals surface area contributed by atoms with Crippen molar-refractivity contribution in [3.05, 3.63) is 90.5 Å². The molecule has 0 atom stereocenters. The standard InChI is InChI=1S/C25H25N3O3/c1-19(22-15-9-10-16-23(22)31-2)26-27-24(29)17-18-25(30)28(20-11-5-3-6-12-20)21-13-7-4-8-14-21/h3-16H,17-18H2,1-2H3,(H,27,29)/b26-19+. The average molecular weight is 415 g/mol. The van der Waals surface area contributed by atoms with Crippen molar-refractivity contribution in [2.45, 2.75) is 19.8 Å². The Morgan fingerprint density at radius 3 is 1.97 bits per heavy atom. The molecule has 0 aliphatic heterocycles. The van der Waals surface area contributed by atoms with Crippen LogP contribution in [-0.2, 0) is 9.59 Å². The number of ether oxygens (including phenoxy) is 1. The third-order valence-electron chi connectivity index (χ3n) is 4.69. The van der Waals surface area contributed by atoms with Crippen LogP contribution in [0.2, 0.25) is 0 Å². The number of hydrogen-bond donors (Lipinski definition) is 1. The van der Waals surface area contributed by atoms with Gasteiger partial charge in [0.1, 0.15) is 5.75 Å². The molecule has 0 saturated carbocycles. The first-order chi connectivity index (χ1) is 15.1. The van der Waals surface area contributed by atoms with Crippen LogP contribution in [0.4, 0.5) is 11.4 Å². The van der Waals surface area contributed by atoms with Gasteiger partial charge in [-0.2, -0.15) is 5.10 Å². The number of benzene rings is 3. The van der Waals surface area contributed by atoms with Crippen molar-refractivity contribution in [1.82, 2.24) is 5.43 Å². The second-order valence-corrected chi connectivity index (χ2v) is 6.83. The molecule has 158 valence electrons. The van der Waals surface area contributed by atoms with Crippen LogP contribution in [0.25, 0.3) is 0 Å². The van der Waals surface area contributed by atoms with Crippen LogP contribution in [0.15, 0.2) is 90.0 Å². The van der Waals surface area contributed by atoms with Crippen LogP contribution >= 0.6 is 0 Å². The maximum absolute atomic E-state index is 13.0. The highest BCUT2D eigenvalue weighted by Gasteiger charge is 2.18. The zero-order chi connectivity index (χ0) is 22.1. The lowest BCUT2D eigenvalue weighted by Crippen LogP contribution is -2.28. The van der Waals surface area contributed by atoms with Gasteiger partial charge in [0, 0.05) is 29.8 Å². The van der Waals surface area contributed by atoms with E-state index in [2.05, 4.69) is 10.5 Å². The van der Waals surface area contributed by atoms with Crippen molar-refractivity contribution in [2.24, 2.45) is 5.10 Å². The number of amides is 2. The van der Waals surface area contributed by atoms with E-state index in [0.29, 0.717) is 11.5 Å². The van der Waals surface area contributed by atoms with Crippen LogP contribution in [-0.4, -0.2) is 24.6 Å². The highest BCUT2D eigenvalue weighted by Crippen LogP contribution is 2.26. The van der Waals surface area contributed by atoms with Gasteiger partial charge in [0.05, 0.1) is 12.8 Å². The number of carbonyl (C=O) groups is 2. The van der Waals surface area contributed by atoms with Crippen LogP contribution in [0.5, 0.6) is 5.75 Å². The number of nitrogens with one attached hydrogen (secondary N) is 1. The molecule has 2 amide bonds. The van der Waals surface area contributed by atoms with Gasteiger partial charge >= 0.3 is 0 Å². The first-order valence-electron chi connectivity index (χ1n) is 9.99. The number of hydrazone groups is 1. The molecule has 0 aromatic heterocycles. The number of para-hydroxylation sites is 3. The van der Waals surface area contributed by atoms with Gasteiger partial charge in [-0.1, -0.05) is 48.5 Å². The number of anilines is 2. The predicted molar refractivity (Wildman–Crippen MR) is 123 cm³/mol. The molecule has 6 heteroatoms. The fourth-order valence-electron chi connectivity index (χ4n) is 3.13. The van der Waals surface area contributed by atoms with Crippen LogP contribution in [0.1, 0.15) is 25.3 Å². The third-order valence-corrected chi connectivity index (χ3v) is 4.69. The topological polar surface area (TPSA) is 71.0 Å². The summed E-state index contributed by atoms with van der Waals surface area (Å²) in [4.78, 5) is 26.9. The van der Waals surface area contributed by atoms with Crippen molar-refractivity contribution in [1.29, 1.82) is 0 Å². The lowest BCUT2D eigenvalue weighted by molar-refractivity contribution is -0.124. The Morgan fingerprint density at radius 1 is 0.839 bits per heavy atom. The van der Waals surface area contributed by atoms with Gasteiger partial charge in [-0.3, -0.25) is 14.5 Å². The fourth-order valence-corrected chi connectivity index (χ4v) is 3.13. The number of nitrogens with zero attached hydrogens (tertiary/aromatic N) is 2. The molecule has 31 heavy (non-hydrogen) atoms. The molecule has 6 nitrogen and oxygen atoms in total. The molecule has 3 aromatic carbocycles. The molecule has 0 fully saturated rings. The van der Waals surface area contributed by atoms with Gasteiger partial charge in [0.25, 0.3) is 0 Å². The number of hydrogen-bond acceptors (Lipinski definition) is 4. The van der Waals surface area contributed by atoms with Crippen molar-refractivity contribution in [3.63, 3.8) is 0 Å². The molecule has 0 saturated heterocycles.